The molecule has 1 N–H and O–H groups in total. The fourth-order valence-corrected chi connectivity index (χ4v) is 1.10. The minimum Gasteiger partial charge on any atom is -0.377 e. The number of hydrogen-bond acceptors (Lipinski definition) is 2. The molecule has 0 aliphatic rings. The monoisotopic (exact) mass is 187 g/mol. The second kappa shape index (κ2) is 8.52. The van der Waals surface area contributed by atoms with Crippen molar-refractivity contribution < 1.29 is 4.74 Å². The first-order valence-corrected chi connectivity index (χ1v) is 5.57. The zero-order valence-electron chi connectivity index (χ0n) is 9.60. The van der Waals surface area contributed by atoms with Crippen molar-refractivity contribution in [2.45, 2.75) is 59.1 Å². The third-order valence-corrected chi connectivity index (χ3v) is 2.30. The Morgan fingerprint density at radius 3 is 2.38 bits per heavy atom. The van der Waals surface area contributed by atoms with Gasteiger partial charge < -0.3 is 10.1 Å². The molecule has 0 amide bonds. The van der Waals surface area contributed by atoms with Gasteiger partial charge >= 0.3 is 0 Å². The Balaban J connectivity index is 3.38. The SMILES string of the molecule is CCCCOC(C)C(C)NCCC. The van der Waals surface area contributed by atoms with Crippen LogP contribution in [0.2, 0.25) is 0 Å². The van der Waals surface area contributed by atoms with Crippen LogP contribution in [-0.4, -0.2) is 25.3 Å². The van der Waals surface area contributed by atoms with Crippen molar-refractivity contribution in [3.63, 3.8) is 0 Å². The molecule has 0 fully saturated rings. The van der Waals surface area contributed by atoms with Crippen molar-refractivity contribution in [3.8, 4) is 0 Å². The van der Waals surface area contributed by atoms with E-state index < -0.39 is 0 Å². The molecule has 0 aliphatic heterocycles. The summed E-state index contributed by atoms with van der Waals surface area (Å²) in [6.45, 7) is 10.7. The van der Waals surface area contributed by atoms with E-state index in [-0.39, 0.29) is 0 Å². The Bertz CT molecular complexity index is 106. The first-order chi connectivity index (χ1) is 6.22. The van der Waals surface area contributed by atoms with Crippen LogP contribution in [0.4, 0.5) is 0 Å². The normalized spacial score (nSPS) is 15.7. The lowest BCUT2D eigenvalue weighted by molar-refractivity contribution is 0.0417. The molecule has 0 aromatic rings. The van der Waals surface area contributed by atoms with Crippen LogP contribution in [0.1, 0.15) is 47.0 Å². The van der Waals surface area contributed by atoms with Crippen molar-refractivity contribution in [1.82, 2.24) is 5.32 Å². The van der Waals surface area contributed by atoms with Crippen molar-refractivity contribution in [1.29, 1.82) is 0 Å². The summed E-state index contributed by atoms with van der Waals surface area (Å²) < 4.78 is 5.68. The van der Waals surface area contributed by atoms with Gasteiger partial charge in [-0.15, -0.1) is 0 Å². The van der Waals surface area contributed by atoms with Crippen LogP contribution in [0.15, 0.2) is 0 Å². The van der Waals surface area contributed by atoms with Crippen molar-refractivity contribution in [3.05, 3.63) is 0 Å². The second-order valence-electron chi connectivity index (χ2n) is 3.67. The van der Waals surface area contributed by atoms with Gasteiger partial charge in [-0.1, -0.05) is 20.3 Å². The van der Waals surface area contributed by atoms with Crippen LogP contribution in [0.5, 0.6) is 0 Å². The summed E-state index contributed by atoms with van der Waals surface area (Å²) >= 11 is 0. The second-order valence-corrected chi connectivity index (χ2v) is 3.67. The Morgan fingerprint density at radius 1 is 1.15 bits per heavy atom. The topological polar surface area (TPSA) is 21.3 Å². The summed E-state index contributed by atoms with van der Waals surface area (Å²) in [6, 6.07) is 0.469. The summed E-state index contributed by atoms with van der Waals surface area (Å²) in [5, 5.41) is 3.43. The van der Waals surface area contributed by atoms with Crippen molar-refractivity contribution in [2.24, 2.45) is 0 Å². The van der Waals surface area contributed by atoms with Gasteiger partial charge in [-0.3, -0.25) is 0 Å². The highest BCUT2D eigenvalue weighted by atomic mass is 16.5. The number of hydrogen-bond donors (Lipinski definition) is 1. The molecule has 0 spiro atoms. The average Bonchev–Trinajstić information content (AvgIpc) is 2.14. The molecule has 0 radical (unpaired) electrons. The molecule has 2 heteroatoms. The smallest absolute Gasteiger partial charge is 0.0697 e. The van der Waals surface area contributed by atoms with Gasteiger partial charge in [-0.05, 0) is 33.2 Å². The Morgan fingerprint density at radius 2 is 1.85 bits per heavy atom. The first kappa shape index (κ1) is 12.9. The van der Waals surface area contributed by atoms with Gasteiger partial charge in [0.15, 0.2) is 0 Å². The summed E-state index contributed by atoms with van der Waals surface area (Å²) in [7, 11) is 0. The van der Waals surface area contributed by atoms with Gasteiger partial charge in [-0.2, -0.15) is 0 Å². The molecule has 0 saturated heterocycles. The zero-order chi connectivity index (χ0) is 10.1. The maximum absolute atomic E-state index is 5.68. The van der Waals surface area contributed by atoms with E-state index in [4.69, 9.17) is 4.74 Å². The van der Waals surface area contributed by atoms with E-state index in [1.165, 1.54) is 19.3 Å². The van der Waals surface area contributed by atoms with E-state index in [0.717, 1.165) is 13.2 Å². The Kier molecular flexibility index (Phi) is 8.46. The van der Waals surface area contributed by atoms with Gasteiger partial charge in [0, 0.05) is 12.6 Å². The highest BCUT2D eigenvalue weighted by molar-refractivity contribution is 4.67. The molecule has 0 bridgehead atoms. The van der Waals surface area contributed by atoms with E-state index in [1.54, 1.807) is 0 Å². The summed E-state index contributed by atoms with van der Waals surface area (Å²) in [4.78, 5) is 0. The van der Waals surface area contributed by atoms with E-state index in [2.05, 4.69) is 33.0 Å². The van der Waals surface area contributed by atoms with Crippen LogP contribution < -0.4 is 5.32 Å². The van der Waals surface area contributed by atoms with Gasteiger partial charge in [0.25, 0.3) is 0 Å². The highest BCUT2D eigenvalue weighted by Gasteiger charge is 2.10. The minimum absolute atomic E-state index is 0.332. The molecule has 2 atom stereocenters. The minimum atomic E-state index is 0.332. The standard InChI is InChI=1S/C11H25NO/c1-5-7-9-13-11(4)10(3)12-8-6-2/h10-12H,5-9H2,1-4H3. The predicted molar refractivity (Wildman–Crippen MR) is 58.1 cm³/mol. The molecule has 13 heavy (non-hydrogen) atoms. The summed E-state index contributed by atoms with van der Waals surface area (Å²) in [5.74, 6) is 0. The highest BCUT2D eigenvalue weighted by Crippen LogP contribution is 2.00. The summed E-state index contributed by atoms with van der Waals surface area (Å²) in [5.41, 5.74) is 0. The van der Waals surface area contributed by atoms with Crippen molar-refractivity contribution >= 4 is 0 Å². The molecule has 0 rings (SSSR count). The van der Waals surface area contributed by atoms with Crippen molar-refractivity contribution in [2.75, 3.05) is 13.2 Å². The van der Waals surface area contributed by atoms with E-state index in [1.807, 2.05) is 0 Å². The largest absolute Gasteiger partial charge is 0.377 e. The maximum Gasteiger partial charge on any atom is 0.0697 e. The van der Waals surface area contributed by atoms with Gasteiger partial charge in [-0.25, -0.2) is 0 Å². The molecule has 2 nitrogen and oxygen atoms in total. The zero-order valence-corrected chi connectivity index (χ0v) is 9.60. The van der Waals surface area contributed by atoms with Gasteiger partial charge in [0.1, 0.15) is 0 Å². The number of nitrogens with one attached hydrogen (secondary N) is 1. The fourth-order valence-electron chi connectivity index (χ4n) is 1.10. The van der Waals surface area contributed by atoms with Crippen LogP contribution in [0, 0.1) is 0 Å². The first-order valence-electron chi connectivity index (χ1n) is 5.57. The molecule has 0 aromatic heterocycles. The van der Waals surface area contributed by atoms with E-state index in [9.17, 15) is 0 Å². The Labute approximate surface area is 83.1 Å². The molecule has 0 heterocycles. The maximum atomic E-state index is 5.68. The quantitative estimate of drug-likeness (QED) is 0.590. The number of rotatable bonds is 8. The molecule has 2 unspecified atom stereocenters. The third-order valence-electron chi connectivity index (χ3n) is 2.30. The molecule has 0 saturated carbocycles. The lowest BCUT2D eigenvalue weighted by Gasteiger charge is -2.21. The summed E-state index contributed by atoms with van der Waals surface area (Å²) in [6.07, 6.45) is 3.90. The van der Waals surface area contributed by atoms with Crippen LogP contribution >= 0.6 is 0 Å². The number of unbranched alkanes of at least 4 members (excludes halogenated alkanes) is 1. The average molecular weight is 187 g/mol. The molecular weight excluding hydrogens is 162 g/mol. The predicted octanol–water partition coefficient (Wildman–Crippen LogP) is 2.58. The lowest BCUT2D eigenvalue weighted by atomic mass is 10.2. The van der Waals surface area contributed by atoms with Gasteiger partial charge in [0.05, 0.1) is 6.10 Å². The molecule has 0 aromatic carbocycles. The number of ether oxygens (including phenoxy) is 1. The van der Waals surface area contributed by atoms with E-state index >= 15 is 0 Å². The third kappa shape index (κ3) is 7.03. The lowest BCUT2D eigenvalue weighted by Crippen LogP contribution is -2.37. The fraction of sp³-hybridized carbons (Fsp3) is 1.00. The van der Waals surface area contributed by atoms with Crippen LogP contribution in [0.25, 0.3) is 0 Å². The van der Waals surface area contributed by atoms with Gasteiger partial charge in [0.2, 0.25) is 0 Å². The van der Waals surface area contributed by atoms with Crippen LogP contribution in [0.3, 0.4) is 0 Å². The van der Waals surface area contributed by atoms with Crippen LogP contribution in [-0.2, 0) is 4.74 Å². The Hall–Kier alpha value is -0.0800. The molecule has 80 valence electrons. The molecular formula is C11H25NO. The van der Waals surface area contributed by atoms with E-state index in [0.29, 0.717) is 12.1 Å². The molecule has 0 aliphatic carbocycles.